The Morgan fingerprint density at radius 2 is 1.55 bits per heavy atom. The number of carbonyl (C=O) groups excluding carboxylic acids is 1. The summed E-state index contributed by atoms with van der Waals surface area (Å²) >= 11 is 0. The van der Waals surface area contributed by atoms with Crippen LogP contribution in [0.3, 0.4) is 0 Å². The highest BCUT2D eigenvalue weighted by Crippen LogP contribution is 2.35. The number of nitrogens with two attached hydrogens (primary N) is 1. The van der Waals surface area contributed by atoms with Crippen molar-refractivity contribution in [3.05, 3.63) is 126 Å². The number of carboxylic acid groups (broad SMARTS) is 1. The van der Waals surface area contributed by atoms with Gasteiger partial charge in [-0.05, 0) is 24.0 Å². The molecule has 1 saturated heterocycles. The molecule has 0 unspecified atom stereocenters. The third-order valence-corrected chi connectivity index (χ3v) is 7.80. The van der Waals surface area contributed by atoms with Crippen molar-refractivity contribution < 1.29 is 19.1 Å². The first-order valence-corrected chi connectivity index (χ1v) is 15.2. The van der Waals surface area contributed by atoms with Gasteiger partial charge in [0.1, 0.15) is 5.65 Å². The van der Waals surface area contributed by atoms with Crippen LogP contribution < -0.4 is 16.0 Å². The number of pyridine rings is 1. The number of carbonyl (C=O) groups is 2. The number of benzene rings is 2. The van der Waals surface area contributed by atoms with Gasteiger partial charge in [-0.3, -0.25) is 14.2 Å². The fraction of sp³-hybridized carbons (Fsp3) is 0.206. The lowest BCUT2D eigenvalue weighted by Crippen LogP contribution is -2.43. The molecule has 7 rings (SSSR count). The number of carboxylic acids is 1. The monoisotopic (exact) mass is 635 g/mol. The normalized spacial score (nSPS) is 14.4. The lowest BCUT2D eigenvalue weighted by Gasteiger charge is -2.33. The van der Waals surface area contributed by atoms with Crippen LogP contribution in [0, 0.1) is 5.82 Å². The predicted molar refractivity (Wildman–Crippen MR) is 176 cm³/mol. The molecule has 5 N–H and O–H groups in total. The number of aromatic carboxylic acids is 1. The summed E-state index contributed by atoms with van der Waals surface area (Å²) in [6, 6.07) is 19.6. The summed E-state index contributed by atoms with van der Waals surface area (Å²) in [4.78, 5) is 32.7. The van der Waals surface area contributed by atoms with Crippen LogP contribution in [-0.2, 0) is 13.1 Å². The highest BCUT2D eigenvalue weighted by Gasteiger charge is 2.25. The van der Waals surface area contributed by atoms with Gasteiger partial charge in [-0.2, -0.15) is 10.2 Å². The zero-order valence-electron chi connectivity index (χ0n) is 25.5. The van der Waals surface area contributed by atoms with Gasteiger partial charge in [0.25, 0.3) is 5.91 Å². The molecule has 13 heteroatoms. The number of amides is 1. The van der Waals surface area contributed by atoms with Crippen LogP contribution in [0.25, 0.3) is 11.0 Å². The van der Waals surface area contributed by atoms with E-state index in [9.17, 15) is 14.0 Å². The second-order valence-electron chi connectivity index (χ2n) is 11.3. The number of nitrogens with one attached hydrogen (secondary N) is 2. The number of nitrogens with zero attached hydrogens (tertiary/aromatic N) is 6. The van der Waals surface area contributed by atoms with Crippen molar-refractivity contribution in [1.29, 1.82) is 0 Å². The minimum absolute atomic E-state index is 0.0150. The maximum Gasteiger partial charge on any atom is 0.338 e. The molecule has 1 fully saturated rings. The second kappa shape index (κ2) is 14.1. The molecule has 1 aliphatic heterocycles. The molecule has 240 valence electrons. The molecule has 47 heavy (non-hydrogen) atoms. The van der Waals surface area contributed by atoms with Gasteiger partial charge in [-0.1, -0.05) is 60.7 Å². The van der Waals surface area contributed by atoms with Gasteiger partial charge in [0.2, 0.25) is 0 Å². The van der Waals surface area contributed by atoms with Crippen molar-refractivity contribution in [2.75, 3.05) is 23.3 Å². The second-order valence-corrected chi connectivity index (χ2v) is 11.3. The Bertz CT molecular complexity index is 1970. The molecule has 12 nitrogen and oxygen atoms in total. The molecule has 1 aliphatic rings. The highest BCUT2D eigenvalue weighted by molar-refractivity contribution is 6.11. The minimum atomic E-state index is -0.950. The van der Waals surface area contributed by atoms with Crippen molar-refractivity contribution in [3.8, 4) is 0 Å². The van der Waals surface area contributed by atoms with Crippen LogP contribution >= 0.6 is 0 Å². The van der Waals surface area contributed by atoms with Gasteiger partial charge in [0.05, 0.1) is 59.6 Å². The average Bonchev–Trinajstić information content (AvgIpc) is 3.83. The molecule has 5 heterocycles. The van der Waals surface area contributed by atoms with Gasteiger partial charge in [0, 0.05) is 37.7 Å². The lowest BCUT2D eigenvalue weighted by molar-refractivity contribution is 0.0696. The fourth-order valence-electron chi connectivity index (χ4n) is 5.54. The Morgan fingerprint density at radius 1 is 0.936 bits per heavy atom. The third-order valence-electron chi connectivity index (χ3n) is 7.80. The van der Waals surface area contributed by atoms with Gasteiger partial charge >= 0.3 is 5.97 Å². The standard InChI is InChI=1S/C23H24FN7O.C11H10N2O2/c24-18-10-26-22-20(21(18)30-8-4-7-17(25)14-30)19(11-27-22)29-23(32)16-9-28-31(13-16)12-15-5-2-1-3-6-15;14-11(15)10-6-12-13(8-10)7-9-4-2-1-3-5-9/h1-3,5-6,9-11,13,17H,4,7-8,12,14,25H2,(H,26,27)(H,29,32);1-6,8H,7H2,(H,14,15)/t17-;/m1./s1. The average molecular weight is 636 g/mol. The van der Waals surface area contributed by atoms with Crippen molar-refractivity contribution in [1.82, 2.24) is 29.5 Å². The van der Waals surface area contributed by atoms with E-state index in [0.29, 0.717) is 54.2 Å². The maximum atomic E-state index is 14.9. The zero-order chi connectivity index (χ0) is 32.8. The van der Waals surface area contributed by atoms with E-state index < -0.39 is 11.8 Å². The van der Waals surface area contributed by atoms with E-state index in [0.717, 1.165) is 24.0 Å². The van der Waals surface area contributed by atoms with Crippen LogP contribution in [0.2, 0.25) is 0 Å². The number of rotatable bonds is 8. The van der Waals surface area contributed by atoms with Crippen LogP contribution in [-0.4, -0.2) is 65.6 Å². The van der Waals surface area contributed by atoms with Gasteiger partial charge in [-0.15, -0.1) is 0 Å². The van der Waals surface area contributed by atoms with E-state index in [1.807, 2.05) is 65.6 Å². The SMILES string of the molecule is N[C@@H]1CCCN(c2c(F)cnc3[nH]cc(NC(=O)c4cnn(Cc5ccccc5)c4)c23)C1.O=C(O)c1cnn(Cc2ccccc2)c1. The van der Waals surface area contributed by atoms with Crippen molar-refractivity contribution >= 4 is 34.3 Å². The topological polar surface area (TPSA) is 160 Å². The van der Waals surface area contributed by atoms with E-state index in [-0.39, 0.29) is 17.5 Å². The summed E-state index contributed by atoms with van der Waals surface area (Å²) in [6.07, 6.45) is 10.7. The molecule has 1 amide bonds. The fourth-order valence-corrected chi connectivity index (χ4v) is 5.54. The number of halogens is 1. The first-order chi connectivity index (χ1) is 22.8. The van der Waals surface area contributed by atoms with Crippen LogP contribution in [0.15, 0.2) is 97.8 Å². The van der Waals surface area contributed by atoms with Gasteiger partial charge < -0.3 is 26.0 Å². The lowest BCUT2D eigenvalue weighted by atomic mass is 10.1. The molecule has 4 aromatic heterocycles. The first-order valence-electron chi connectivity index (χ1n) is 15.2. The maximum absolute atomic E-state index is 14.9. The van der Waals surface area contributed by atoms with Crippen LogP contribution in [0.5, 0.6) is 0 Å². The quantitative estimate of drug-likeness (QED) is 0.186. The van der Waals surface area contributed by atoms with Crippen molar-refractivity contribution in [3.63, 3.8) is 0 Å². The van der Waals surface area contributed by atoms with E-state index in [1.54, 1.807) is 21.8 Å². The summed E-state index contributed by atoms with van der Waals surface area (Å²) < 4.78 is 18.2. The van der Waals surface area contributed by atoms with Gasteiger partial charge in [-0.25, -0.2) is 14.2 Å². The van der Waals surface area contributed by atoms with Crippen LogP contribution in [0.1, 0.15) is 44.7 Å². The number of piperidine rings is 1. The summed E-state index contributed by atoms with van der Waals surface area (Å²) in [7, 11) is 0. The number of hydrogen-bond acceptors (Lipinski definition) is 7. The van der Waals surface area contributed by atoms with Gasteiger partial charge in [0.15, 0.2) is 5.82 Å². The van der Waals surface area contributed by atoms with Crippen molar-refractivity contribution in [2.45, 2.75) is 32.0 Å². The molecule has 0 saturated carbocycles. The summed E-state index contributed by atoms with van der Waals surface area (Å²) in [5, 5.41) is 20.4. The molecule has 0 radical (unpaired) electrons. The smallest absolute Gasteiger partial charge is 0.338 e. The summed E-state index contributed by atoms with van der Waals surface area (Å²) in [5.41, 5.74) is 10.3. The number of anilines is 2. The molecule has 6 aromatic rings. The van der Waals surface area contributed by atoms with Crippen LogP contribution in [0.4, 0.5) is 15.8 Å². The Morgan fingerprint density at radius 3 is 2.15 bits per heavy atom. The van der Waals surface area contributed by atoms with E-state index in [4.69, 9.17) is 10.8 Å². The van der Waals surface area contributed by atoms with E-state index >= 15 is 0 Å². The highest BCUT2D eigenvalue weighted by atomic mass is 19.1. The molecular weight excluding hydrogens is 601 g/mol. The first kappa shape index (κ1) is 31.2. The minimum Gasteiger partial charge on any atom is -0.478 e. The Labute approximate surface area is 269 Å². The zero-order valence-corrected chi connectivity index (χ0v) is 25.5. The molecule has 1 atom stereocenters. The summed E-state index contributed by atoms with van der Waals surface area (Å²) in [6.45, 7) is 2.42. The largest absolute Gasteiger partial charge is 0.478 e. The van der Waals surface area contributed by atoms with E-state index in [1.165, 1.54) is 24.8 Å². The Kier molecular flexibility index (Phi) is 9.34. The number of aromatic amines is 1. The third kappa shape index (κ3) is 7.53. The molecular formula is C34H34FN9O3. The molecule has 0 bridgehead atoms. The van der Waals surface area contributed by atoms with E-state index in [2.05, 4.69) is 25.5 Å². The van der Waals surface area contributed by atoms with Crippen molar-refractivity contribution in [2.24, 2.45) is 5.73 Å². The molecule has 0 spiro atoms. The number of fused-ring (bicyclic) bond motifs is 1. The number of aromatic nitrogens is 6. The number of hydrogen-bond donors (Lipinski definition) is 4. The molecule has 0 aliphatic carbocycles. The predicted octanol–water partition coefficient (Wildman–Crippen LogP) is 4.76. The molecule has 2 aromatic carbocycles. The summed E-state index contributed by atoms with van der Waals surface area (Å²) in [5.74, 6) is -1.71. The Hall–Kier alpha value is -5.82. The Balaban J connectivity index is 0.000000215. The number of H-pyrrole nitrogens is 1.